The van der Waals surface area contributed by atoms with E-state index in [0.717, 1.165) is 12.1 Å². The van der Waals surface area contributed by atoms with E-state index in [1.807, 2.05) is 33.7 Å². The molecule has 160 valence electrons. The van der Waals surface area contributed by atoms with Crippen molar-refractivity contribution >= 4 is 5.91 Å². The average Bonchev–Trinajstić information content (AvgIpc) is 3.27. The van der Waals surface area contributed by atoms with Gasteiger partial charge < -0.3 is 23.5 Å². The fourth-order valence-electron chi connectivity index (χ4n) is 4.55. The summed E-state index contributed by atoms with van der Waals surface area (Å²) < 4.78 is 18.1. The number of piperidine rings is 1. The fourth-order valence-corrected chi connectivity index (χ4v) is 4.55. The molecule has 8 nitrogen and oxygen atoms in total. The highest BCUT2D eigenvalue weighted by molar-refractivity contribution is 5.92. The highest BCUT2D eigenvalue weighted by Gasteiger charge is 2.37. The summed E-state index contributed by atoms with van der Waals surface area (Å²) in [7, 11) is 1.60. The summed E-state index contributed by atoms with van der Waals surface area (Å²) in [6.07, 6.45) is 0.992. The molecule has 2 atom stereocenters. The number of hydrogen-bond acceptors (Lipinski definition) is 6. The topological polar surface area (TPSA) is 86.8 Å². The Hall–Kier alpha value is -3.55. The number of rotatable bonds is 5. The zero-order valence-electron chi connectivity index (χ0n) is 17.2. The van der Waals surface area contributed by atoms with Crippen molar-refractivity contribution in [1.82, 2.24) is 14.6 Å². The molecule has 0 aliphatic carbocycles. The summed E-state index contributed by atoms with van der Waals surface area (Å²) in [6, 6.07) is 14.3. The Kier molecular flexibility index (Phi) is 4.97. The Morgan fingerprint density at radius 1 is 1.13 bits per heavy atom. The van der Waals surface area contributed by atoms with Crippen molar-refractivity contribution < 1.29 is 18.8 Å². The number of carbonyl (C=O) groups excluding carboxylic acids is 1. The van der Waals surface area contributed by atoms with E-state index in [9.17, 15) is 9.59 Å². The molecule has 31 heavy (non-hydrogen) atoms. The van der Waals surface area contributed by atoms with Crippen LogP contribution in [-0.2, 0) is 13.2 Å². The van der Waals surface area contributed by atoms with Gasteiger partial charge in [0.25, 0.3) is 11.5 Å². The number of ether oxygens (including phenoxy) is 2. The lowest BCUT2D eigenvalue weighted by atomic mass is 9.83. The smallest absolute Gasteiger partial charge is 0.276 e. The number of pyridine rings is 1. The summed E-state index contributed by atoms with van der Waals surface area (Å²) in [4.78, 5) is 27.1. The van der Waals surface area contributed by atoms with Crippen LogP contribution < -0.4 is 15.0 Å². The van der Waals surface area contributed by atoms with Crippen LogP contribution in [0.15, 0.2) is 57.8 Å². The molecule has 0 spiro atoms. The van der Waals surface area contributed by atoms with Crippen LogP contribution >= 0.6 is 0 Å². The van der Waals surface area contributed by atoms with E-state index in [1.54, 1.807) is 31.4 Å². The summed E-state index contributed by atoms with van der Waals surface area (Å²) >= 11 is 0. The lowest BCUT2D eigenvalue weighted by molar-refractivity contribution is 0.0584. The number of hydrogen-bond donors (Lipinski definition) is 0. The zero-order valence-corrected chi connectivity index (χ0v) is 17.2. The third-order valence-corrected chi connectivity index (χ3v) is 5.97. The summed E-state index contributed by atoms with van der Waals surface area (Å²) in [5.74, 6) is 2.08. The minimum absolute atomic E-state index is 0.0316. The number of likely N-dealkylation sites (tertiary alicyclic amines) is 1. The Bertz CT molecular complexity index is 1170. The second kappa shape index (κ2) is 7.94. The van der Waals surface area contributed by atoms with E-state index >= 15 is 0 Å². The average molecular weight is 421 g/mol. The van der Waals surface area contributed by atoms with E-state index in [2.05, 4.69) is 5.16 Å². The van der Waals surface area contributed by atoms with Crippen LogP contribution in [0.2, 0.25) is 0 Å². The molecule has 2 bridgehead atoms. The maximum Gasteiger partial charge on any atom is 0.276 e. The van der Waals surface area contributed by atoms with Crippen molar-refractivity contribution in [1.29, 1.82) is 0 Å². The van der Waals surface area contributed by atoms with Gasteiger partial charge in [0.1, 0.15) is 18.1 Å². The third-order valence-electron chi connectivity index (χ3n) is 5.97. The number of nitrogens with zero attached hydrogens (tertiary/aromatic N) is 3. The van der Waals surface area contributed by atoms with E-state index in [4.69, 9.17) is 14.0 Å². The molecule has 4 heterocycles. The molecular formula is C23H23N3O5. The molecule has 0 unspecified atom stereocenters. The molecular weight excluding hydrogens is 398 g/mol. The van der Waals surface area contributed by atoms with E-state index in [1.165, 1.54) is 0 Å². The fraction of sp³-hybridized carbons (Fsp3) is 0.348. The van der Waals surface area contributed by atoms with Gasteiger partial charge in [-0.3, -0.25) is 9.59 Å². The number of aromatic nitrogens is 2. The second-order valence-electron chi connectivity index (χ2n) is 8.05. The first-order valence-electron chi connectivity index (χ1n) is 10.3. The van der Waals surface area contributed by atoms with Gasteiger partial charge in [-0.1, -0.05) is 17.3 Å². The minimum Gasteiger partial charge on any atom is -0.497 e. The van der Waals surface area contributed by atoms with Crippen LogP contribution in [0.1, 0.15) is 34.3 Å². The monoisotopic (exact) mass is 421 g/mol. The van der Waals surface area contributed by atoms with Gasteiger partial charge in [-0.05, 0) is 30.5 Å². The Morgan fingerprint density at radius 2 is 1.97 bits per heavy atom. The predicted molar refractivity (Wildman–Crippen MR) is 111 cm³/mol. The van der Waals surface area contributed by atoms with Gasteiger partial charge in [0.2, 0.25) is 0 Å². The van der Waals surface area contributed by atoms with Crippen molar-refractivity contribution in [3.8, 4) is 11.5 Å². The molecule has 8 heteroatoms. The van der Waals surface area contributed by atoms with Crippen LogP contribution in [0, 0.1) is 5.92 Å². The van der Waals surface area contributed by atoms with Crippen LogP contribution in [0.3, 0.4) is 0 Å². The Balaban J connectivity index is 1.26. The van der Waals surface area contributed by atoms with Gasteiger partial charge in [0.05, 0.1) is 7.11 Å². The van der Waals surface area contributed by atoms with E-state index in [0.29, 0.717) is 36.9 Å². The molecule has 3 aromatic rings. The maximum absolute atomic E-state index is 13.1. The summed E-state index contributed by atoms with van der Waals surface area (Å²) in [6.45, 7) is 1.99. The quantitative estimate of drug-likeness (QED) is 0.630. The second-order valence-corrected chi connectivity index (χ2v) is 8.05. The molecule has 0 radical (unpaired) electrons. The van der Waals surface area contributed by atoms with Gasteiger partial charge in [0, 0.05) is 49.4 Å². The maximum atomic E-state index is 13.1. The first-order chi connectivity index (χ1) is 15.1. The molecule has 1 aromatic carbocycles. The molecule has 2 aliphatic heterocycles. The lowest BCUT2D eigenvalue weighted by Crippen LogP contribution is -2.49. The van der Waals surface area contributed by atoms with Crippen molar-refractivity contribution in [2.75, 3.05) is 20.2 Å². The number of fused-ring (bicyclic) bond motifs is 4. The normalized spacial score (nSPS) is 19.6. The first kappa shape index (κ1) is 19.4. The van der Waals surface area contributed by atoms with Crippen molar-refractivity contribution in [3.05, 3.63) is 76.0 Å². The predicted octanol–water partition coefficient (Wildman–Crippen LogP) is 2.68. The number of amides is 1. The van der Waals surface area contributed by atoms with Gasteiger partial charge in [-0.2, -0.15) is 0 Å². The highest BCUT2D eigenvalue weighted by atomic mass is 16.5. The molecule has 2 aromatic heterocycles. The lowest BCUT2D eigenvalue weighted by Gasteiger charge is -2.42. The van der Waals surface area contributed by atoms with Gasteiger partial charge in [0.15, 0.2) is 11.5 Å². The van der Waals surface area contributed by atoms with Crippen LogP contribution in [0.4, 0.5) is 0 Å². The van der Waals surface area contributed by atoms with Crippen molar-refractivity contribution in [2.24, 2.45) is 5.92 Å². The molecule has 1 amide bonds. The number of benzene rings is 1. The van der Waals surface area contributed by atoms with Gasteiger partial charge in [-0.15, -0.1) is 0 Å². The van der Waals surface area contributed by atoms with Crippen molar-refractivity contribution in [3.63, 3.8) is 0 Å². The van der Waals surface area contributed by atoms with Crippen LogP contribution in [0.5, 0.6) is 11.5 Å². The molecule has 1 fully saturated rings. The van der Waals surface area contributed by atoms with E-state index in [-0.39, 0.29) is 35.6 Å². The highest BCUT2D eigenvalue weighted by Crippen LogP contribution is 2.35. The minimum atomic E-state index is -0.155. The number of carbonyl (C=O) groups is 1. The van der Waals surface area contributed by atoms with Crippen LogP contribution in [0.25, 0.3) is 0 Å². The summed E-state index contributed by atoms with van der Waals surface area (Å²) in [5.41, 5.74) is 1.31. The standard InChI is InChI=1S/C23H23N3O5/c1-29-17-4-2-5-18(9-17)30-14-19-10-20(24-31-19)23(28)25-11-15-8-16(13-25)21-6-3-7-22(27)26(21)12-15/h2-7,9-10,15-16H,8,11-14H2,1H3/t15-,16+/m1/s1. The summed E-state index contributed by atoms with van der Waals surface area (Å²) in [5, 5.41) is 3.96. The molecule has 0 saturated carbocycles. The number of methoxy groups -OCH3 is 1. The van der Waals surface area contributed by atoms with E-state index < -0.39 is 0 Å². The van der Waals surface area contributed by atoms with Gasteiger partial charge in [-0.25, -0.2) is 0 Å². The first-order valence-corrected chi connectivity index (χ1v) is 10.3. The largest absolute Gasteiger partial charge is 0.497 e. The molecule has 0 N–H and O–H groups in total. The van der Waals surface area contributed by atoms with Crippen LogP contribution in [-0.4, -0.2) is 40.7 Å². The zero-order chi connectivity index (χ0) is 21.4. The third kappa shape index (κ3) is 3.81. The van der Waals surface area contributed by atoms with Crippen molar-refractivity contribution in [2.45, 2.75) is 25.5 Å². The molecule has 1 saturated heterocycles. The molecule has 2 aliphatic rings. The molecule has 5 rings (SSSR count). The Labute approximate surface area is 179 Å². The Morgan fingerprint density at radius 3 is 2.84 bits per heavy atom. The van der Waals surface area contributed by atoms with Gasteiger partial charge >= 0.3 is 0 Å². The SMILES string of the molecule is COc1cccc(OCc2cc(C(=O)N3C[C@H]4C[C@@H](C3)c3cccc(=O)n3C4)no2)c1.